The summed E-state index contributed by atoms with van der Waals surface area (Å²) in [7, 11) is 0. The Hall–Kier alpha value is -0.860. The molecule has 0 fully saturated rings. The molecule has 1 nitrogen and oxygen atoms in total. The van der Waals surface area contributed by atoms with Gasteiger partial charge in [0.1, 0.15) is 0 Å². The molecule has 1 aromatic carbocycles. The third-order valence-corrected chi connectivity index (χ3v) is 5.13. The molecule has 18 heavy (non-hydrogen) atoms. The van der Waals surface area contributed by atoms with Crippen molar-refractivity contribution in [3.63, 3.8) is 0 Å². The molecule has 1 aliphatic carbocycles. The number of aromatic nitrogens is 1. The Morgan fingerprint density at radius 3 is 3.06 bits per heavy atom. The standard InChI is InChI=1S/C15H16ClNS/c16-15-12(8-13-9-17-10-18-13)6-3-5-11-4-1-2-7-14(11)15/h1-2,4,7,9-10,12,15H,3,5-6,8H2. The van der Waals surface area contributed by atoms with Gasteiger partial charge in [0.2, 0.25) is 0 Å². The number of aryl methyl sites for hydroxylation is 1. The van der Waals surface area contributed by atoms with Crippen molar-refractivity contribution in [2.24, 2.45) is 5.92 Å². The molecular weight excluding hydrogens is 262 g/mol. The summed E-state index contributed by atoms with van der Waals surface area (Å²) >= 11 is 8.46. The SMILES string of the molecule is ClC1c2ccccc2CCCC1Cc1cncs1. The second-order valence-corrected chi connectivity index (χ2v) is 6.37. The minimum atomic E-state index is 0.144. The fourth-order valence-corrected chi connectivity index (χ4v) is 3.91. The van der Waals surface area contributed by atoms with Crippen LogP contribution in [0.15, 0.2) is 36.0 Å². The Balaban J connectivity index is 1.85. The highest BCUT2D eigenvalue weighted by Crippen LogP contribution is 2.39. The van der Waals surface area contributed by atoms with Gasteiger partial charge >= 0.3 is 0 Å². The monoisotopic (exact) mass is 277 g/mol. The molecule has 3 rings (SSSR count). The van der Waals surface area contributed by atoms with E-state index in [2.05, 4.69) is 29.2 Å². The Morgan fingerprint density at radius 2 is 2.22 bits per heavy atom. The van der Waals surface area contributed by atoms with Crippen molar-refractivity contribution in [3.8, 4) is 0 Å². The molecule has 2 unspecified atom stereocenters. The molecule has 0 saturated carbocycles. The molecule has 3 heteroatoms. The third-order valence-electron chi connectivity index (χ3n) is 3.73. The van der Waals surface area contributed by atoms with Crippen LogP contribution >= 0.6 is 22.9 Å². The summed E-state index contributed by atoms with van der Waals surface area (Å²) in [4.78, 5) is 5.51. The second-order valence-electron chi connectivity index (χ2n) is 4.92. The van der Waals surface area contributed by atoms with Crippen molar-refractivity contribution in [1.82, 2.24) is 4.98 Å². The maximum absolute atomic E-state index is 6.72. The van der Waals surface area contributed by atoms with Crippen molar-refractivity contribution < 1.29 is 0 Å². The minimum absolute atomic E-state index is 0.144. The molecule has 0 N–H and O–H groups in total. The molecule has 0 saturated heterocycles. The number of hydrogen-bond acceptors (Lipinski definition) is 2. The van der Waals surface area contributed by atoms with E-state index in [1.54, 1.807) is 11.3 Å². The second kappa shape index (κ2) is 5.41. The van der Waals surface area contributed by atoms with Gasteiger partial charge in [-0.25, -0.2) is 0 Å². The number of rotatable bonds is 2. The maximum Gasteiger partial charge on any atom is 0.0794 e. The van der Waals surface area contributed by atoms with E-state index >= 15 is 0 Å². The number of alkyl halides is 1. The summed E-state index contributed by atoms with van der Waals surface area (Å²) in [6, 6.07) is 8.63. The van der Waals surface area contributed by atoms with E-state index < -0.39 is 0 Å². The molecule has 1 aliphatic rings. The van der Waals surface area contributed by atoms with Gasteiger partial charge in [0.05, 0.1) is 10.9 Å². The fraction of sp³-hybridized carbons (Fsp3) is 0.400. The molecule has 94 valence electrons. The van der Waals surface area contributed by atoms with Crippen LogP contribution in [-0.2, 0) is 12.8 Å². The van der Waals surface area contributed by atoms with Crippen LogP contribution in [0.3, 0.4) is 0 Å². The van der Waals surface area contributed by atoms with Crippen LogP contribution in [0.1, 0.15) is 34.2 Å². The van der Waals surface area contributed by atoms with Gasteiger partial charge in [-0.2, -0.15) is 0 Å². The van der Waals surface area contributed by atoms with Crippen LogP contribution < -0.4 is 0 Å². The van der Waals surface area contributed by atoms with E-state index in [-0.39, 0.29) is 5.38 Å². The number of fused-ring (bicyclic) bond motifs is 1. The minimum Gasteiger partial charge on any atom is -0.253 e. The first-order valence-electron chi connectivity index (χ1n) is 6.44. The highest BCUT2D eigenvalue weighted by Gasteiger charge is 2.26. The molecule has 1 aromatic heterocycles. The molecule has 0 aliphatic heterocycles. The first-order valence-corrected chi connectivity index (χ1v) is 7.75. The lowest BCUT2D eigenvalue weighted by molar-refractivity contribution is 0.468. The summed E-state index contributed by atoms with van der Waals surface area (Å²) in [5, 5.41) is 0.144. The number of benzene rings is 1. The van der Waals surface area contributed by atoms with Crippen LogP contribution in [0.2, 0.25) is 0 Å². The van der Waals surface area contributed by atoms with E-state index in [1.165, 1.54) is 35.3 Å². The molecule has 0 radical (unpaired) electrons. The fourth-order valence-electron chi connectivity index (χ4n) is 2.79. The normalized spacial score (nSPS) is 23.4. The summed E-state index contributed by atoms with van der Waals surface area (Å²) in [5.74, 6) is 0.538. The maximum atomic E-state index is 6.72. The van der Waals surface area contributed by atoms with Gasteiger partial charge in [-0.1, -0.05) is 24.3 Å². The van der Waals surface area contributed by atoms with Crippen molar-refractivity contribution in [1.29, 1.82) is 0 Å². The lowest BCUT2D eigenvalue weighted by atomic mass is 9.93. The zero-order valence-corrected chi connectivity index (χ0v) is 11.8. The average Bonchev–Trinajstić information content (AvgIpc) is 2.85. The average molecular weight is 278 g/mol. The van der Waals surface area contributed by atoms with Gasteiger partial charge in [-0.05, 0) is 42.7 Å². The number of hydrogen-bond donors (Lipinski definition) is 0. The van der Waals surface area contributed by atoms with Gasteiger partial charge in [0.15, 0.2) is 0 Å². The van der Waals surface area contributed by atoms with Crippen molar-refractivity contribution >= 4 is 22.9 Å². The third kappa shape index (κ3) is 2.45. The predicted molar refractivity (Wildman–Crippen MR) is 77.3 cm³/mol. The summed E-state index contributed by atoms with van der Waals surface area (Å²) < 4.78 is 0. The van der Waals surface area contributed by atoms with E-state index in [9.17, 15) is 0 Å². The molecule has 2 atom stereocenters. The quantitative estimate of drug-likeness (QED) is 0.577. The smallest absolute Gasteiger partial charge is 0.0794 e. The highest BCUT2D eigenvalue weighted by molar-refractivity contribution is 7.09. The molecule has 2 aromatic rings. The largest absolute Gasteiger partial charge is 0.253 e. The van der Waals surface area contributed by atoms with Crippen LogP contribution in [0.5, 0.6) is 0 Å². The summed E-state index contributed by atoms with van der Waals surface area (Å²) in [5.41, 5.74) is 4.68. The summed E-state index contributed by atoms with van der Waals surface area (Å²) in [6.45, 7) is 0. The van der Waals surface area contributed by atoms with E-state index in [0.717, 1.165) is 6.42 Å². The molecular formula is C15H16ClNS. The molecule has 0 spiro atoms. The first kappa shape index (κ1) is 12.2. The lowest BCUT2D eigenvalue weighted by Crippen LogP contribution is -2.09. The number of nitrogens with zero attached hydrogens (tertiary/aromatic N) is 1. The van der Waals surface area contributed by atoms with Crippen molar-refractivity contribution in [3.05, 3.63) is 52.0 Å². The Kier molecular flexibility index (Phi) is 3.67. The first-order chi connectivity index (χ1) is 8.84. The number of halogens is 1. The van der Waals surface area contributed by atoms with Gasteiger partial charge in [-0.15, -0.1) is 22.9 Å². The van der Waals surface area contributed by atoms with Crippen molar-refractivity contribution in [2.45, 2.75) is 31.1 Å². The van der Waals surface area contributed by atoms with E-state index in [1.807, 2.05) is 11.7 Å². The zero-order valence-electron chi connectivity index (χ0n) is 10.2. The zero-order chi connectivity index (χ0) is 12.4. The Bertz CT molecular complexity index is 509. The Morgan fingerprint density at radius 1 is 1.33 bits per heavy atom. The predicted octanol–water partition coefficient (Wildman–Crippen LogP) is 4.62. The van der Waals surface area contributed by atoms with Gasteiger partial charge < -0.3 is 0 Å². The molecule has 0 bridgehead atoms. The topological polar surface area (TPSA) is 12.9 Å². The highest BCUT2D eigenvalue weighted by atomic mass is 35.5. The van der Waals surface area contributed by atoms with Gasteiger partial charge in [0.25, 0.3) is 0 Å². The van der Waals surface area contributed by atoms with Crippen LogP contribution in [0, 0.1) is 5.92 Å². The van der Waals surface area contributed by atoms with Crippen LogP contribution in [0.25, 0.3) is 0 Å². The Labute approximate surface area is 117 Å². The summed E-state index contributed by atoms with van der Waals surface area (Å²) in [6.07, 6.45) is 6.65. The van der Waals surface area contributed by atoms with Gasteiger partial charge in [0, 0.05) is 11.1 Å². The van der Waals surface area contributed by atoms with E-state index in [0.29, 0.717) is 5.92 Å². The van der Waals surface area contributed by atoms with Crippen LogP contribution in [-0.4, -0.2) is 4.98 Å². The number of thiazole rings is 1. The van der Waals surface area contributed by atoms with Crippen LogP contribution in [0.4, 0.5) is 0 Å². The molecule has 1 heterocycles. The van der Waals surface area contributed by atoms with Crippen molar-refractivity contribution in [2.75, 3.05) is 0 Å². The van der Waals surface area contributed by atoms with E-state index in [4.69, 9.17) is 11.6 Å². The van der Waals surface area contributed by atoms with Gasteiger partial charge in [-0.3, -0.25) is 4.98 Å². The molecule has 0 amide bonds. The lowest BCUT2D eigenvalue weighted by Gasteiger charge is -2.20.